The summed E-state index contributed by atoms with van der Waals surface area (Å²) in [6.07, 6.45) is 3.57. The minimum Gasteiger partial charge on any atom is -0.467 e. The van der Waals surface area contributed by atoms with Gasteiger partial charge in [-0.25, -0.2) is 0 Å². The number of benzene rings is 1. The Morgan fingerprint density at radius 3 is 2.91 bits per heavy atom. The van der Waals surface area contributed by atoms with Crippen LogP contribution in [0.3, 0.4) is 0 Å². The van der Waals surface area contributed by atoms with Crippen LogP contribution >= 0.6 is 0 Å². The molecule has 4 heteroatoms. The average Bonchev–Trinajstić information content (AvgIpc) is 3.25. The first kappa shape index (κ1) is 14.1. The third kappa shape index (κ3) is 2.25. The minimum atomic E-state index is -0.0461. The van der Waals surface area contributed by atoms with E-state index >= 15 is 0 Å². The highest BCUT2D eigenvalue weighted by Crippen LogP contribution is 2.35. The summed E-state index contributed by atoms with van der Waals surface area (Å²) in [6.45, 7) is 4.71. The van der Waals surface area contributed by atoms with Crippen LogP contribution in [0.1, 0.15) is 46.3 Å². The molecule has 1 aliphatic rings. The van der Waals surface area contributed by atoms with Gasteiger partial charge in [-0.15, -0.1) is 0 Å². The Morgan fingerprint density at radius 1 is 1.26 bits per heavy atom. The van der Waals surface area contributed by atoms with Gasteiger partial charge in [-0.05, 0) is 50.5 Å². The van der Waals surface area contributed by atoms with Crippen molar-refractivity contribution in [2.24, 2.45) is 0 Å². The summed E-state index contributed by atoms with van der Waals surface area (Å²) in [5.41, 5.74) is 2.81. The molecule has 1 saturated heterocycles. The molecule has 0 spiro atoms. The molecule has 0 N–H and O–H groups in total. The predicted octanol–water partition coefficient (Wildman–Crippen LogP) is 4.62. The van der Waals surface area contributed by atoms with Crippen molar-refractivity contribution >= 4 is 16.9 Å². The summed E-state index contributed by atoms with van der Waals surface area (Å²) in [6, 6.07) is 9.85. The summed E-state index contributed by atoms with van der Waals surface area (Å²) in [7, 11) is 0. The molecule has 3 heterocycles. The molecule has 118 valence electrons. The summed E-state index contributed by atoms with van der Waals surface area (Å²) in [5.74, 6) is 1.25. The van der Waals surface area contributed by atoms with Gasteiger partial charge in [0.05, 0.1) is 12.3 Å². The van der Waals surface area contributed by atoms with Crippen LogP contribution in [0.5, 0.6) is 0 Å². The second-order valence-corrected chi connectivity index (χ2v) is 6.23. The lowest BCUT2D eigenvalue weighted by molar-refractivity contribution is 0.0689. The zero-order valence-electron chi connectivity index (χ0n) is 13.3. The number of nitrogens with zero attached hydrogens (tertiary/aromatic N) is 1. The van der Waals surface area contributed by atoms with Gasteiger partial charge in [0.15, 0.2) is 5.76 Å². The van der Waals surface area contributed by atoms with Crippen LogP contribution < -0.4 is 0 Å². The largest absolute Gasteiger partial charge is 0.467 e. The molecular formula is C19H19NO3. The van der Waals surface area contributed by atoms with Crippen molar-refractivity contribution < 1.29 is 13.6 Å². The van der Waals surface area contributed by atoms with Crippen molar-refractivity contribution in [3.8, 4) is 0 Å². The average molecular weight is 309 g/mol. The Hall–Kier alpha value is -2.49. The molecule has 3 aromatic rings. The molecule has 1 unspecified atom stereocenters. The lowest BCUT2D eigenvalue weighted by Crippen LogP contribution is -2.30. The van der Waals surface area contributed by atoms with Crippen LogP contribution in [0.15, 0.2) is 45.4 Å². The number of carbonyl (C=O) groups excluding carboxylic acids is 1. The van der Waals surface area contributed by atoms with Crippen LogP contribution in [-0.4, -0.2) is 17.4 Å². The number of aryl methyl sites for hydroxylation is 2. The maximum Gasteiger partial charge on any atom is 0.290 e. The van der Waals surface area contributed by atoms with Crippen molar-refractivity contribution in [2.45, 2.75) is 32.7 Å². The quantitative estimate of drug-likeness (QED) is 0.694. The Morgan fingerprint density at radius 2 is 2.13 bits per heavy atom. The molecule has 1 fully saturated rings. The van der Waals surface area contributed by atoms with E-state index in [1.54, 1.807) is 6.26 Å². The SMILES string of the molecule is Cc1ccc2c(C)c(C(=O)N3CCCC3c3ccco3)oc2c1. The van der Waals surface area contributed by atoms with Gasteiger partial charge in [-0.2, -0.15) is 0 Å². The van der Waals surface area contributed by atoms with Gasteiger partial charge in [-0.3, -0.25) is 4.79 Å². The maximum atomic E-state index is 13.0. The van der Waals surface area contributed by atoms with E-state index in [0.717, 1.165) is 47.2 Å². The number of likely N-dealkylation sites (tertiary alicyclic amines) is 1. The monoisotopic (exact) mass is 309 g/mol. The Bertz CT molecular complexity index is 860. The number of fused-ring (bicyclic) bond motifs is 1. The molecule has 0 aliphatic carbocycles. The molecule has 1 atom stereocenters. The van der Waals surface area contributed by atoms with Gasteiger partial charge < -0.3 is 13.7 Å². The van der Waals surface area contributed by atoms with Crippen molar-refractivity contribution in [3.05, 3.63) is 59.2 Å². The van der Waals surface area contributed by atoms with Crippen LogP contribution in [0.25, 0.3) is 11.0 Å². The summed E-state index contributed by atoms with van der Waals surface area (Å²) in [4.78, 5) is 14.9. The molecule has 0 saturated carbocycles. The van der Waals surface area contributed by atoms with Crippen molar-refractivity contribution in [3.63, 3.8) is 0 Å². The number of rotatable bonds is 2. The van der Waals surface area contributed by atoms with E-state index in [-0.39, 0.29) is 11.9 Å². The molecule has 1 aromatic carbocycles. The molecule has 4 rings (SSSR count). The van der Waals surface area contributed by atoms with E-state index in [1.807, 2.05) is 49.1 Å². The second kappa shape index (κ2) is 5.30. The molecule has 1 amide bonds. The first-order chi connectivity index (χ1) is 11.1. The zero-order chi connectivity index (χ0) is 16.0. The molecule has 0 radical (unpaired) electrons. The van der Waals surface area contributed by atoms with Gasteiger partial charge in [0.2, 0.25) is 0 Å². The molecule has 23 heavy (non-hydrogen) atoms. The normalized spacial score (nSPS) is 18.0. The summed E-state index contributed by atoms with van der Waals surface area (Å²) < 4.78 is 11.4. The molecule has 4 nitrogen and oxygen atoms in total. The van der Waals surface area contributed by atoms with Crippen LogP contribution in [0.2, 0.25) is 0 Å². The van der Waals surface area contributed by atoms with Crippen molar-refractivity contribution in [2.75, 3.05) is 6.54 Å². The second-order valence-electron chi connectivity index (χ2n) is 6.23. The molecule has 2 aromatic heterocycles. The van der Waals surface area contributed by atoms with Crippen LogP contribution in [0, 0.1) is 13.8 Å². The topological polar surface area (TPSA) is 46.6 Å². The molecule has 1 aliphatic heterocycles. The predicted molar refractivity (Wildman–Crippen MR) is 87.4 cm³/mol. The minimum absolute atomic E-state index is 0.00634. The number of hydrogen-bond acceptors (Lipinski definition) is 3. The Balaban J connectivity index is 1.72. The number of carbonyl (C=O) groups is 1. The fraction of sp³-hybridized carbons (Fsp3) is 0.316. The van der Waals surface area contributed by atoms with E-state index in [4.69, 9.17) is 8.83 Å². The van der Waals surface area contributed by atoms with Gasteiger partial charge >= 0.3 is 0 Å². The smallest absolute Gasteiger partial charge is 0.290 e. The highest BCUT2D eigenvalue weighted by Gasteiger charge is 2.34. The third-order valence-corrected chi connectivity index (χ3v) is 4.67. The van der Waals surface area contributed by atoms with Crippen LogP contribution in [0.4, 0.5) is 0 Å². The van der Waals surface area contributed by atoms with E-state index in [2.05, 4.69) is 0 Å². The van der Waals surface area contributed by atoms with Crippen molar-refractivity contribution in [1.82, 2.24) is 4.90 Å². The van der Waals surface area contributed by atoms with E-state index < -0.39 is 0 Å². The van der Waals surface area contributed by atoms with Crippen LogP contribution in [-0.2, 0) is 0 Å². The lowest BCUT2D eigenvalue weighted by atomic mass is 10.1. The van der Waals surface area contributed by atoms with Crippen molar-refractivity contribution in [1.29, 1.82) is 0 Å². The fourth-order valence-corrected chi connectivity index (χ4v) is 3.45. The zero-order valence-corrected chi connectivity index (χ0v) is 13.3. The molecular weight excluding hydrogens is 290 g/mol. The standard InChI is InChI=1S/C19H19NO3/c1-12-7-8-14-13(2)18(23-17(14)11-12)19(21)20-9-3-5-15(20)16-6-4-10-22-16/h4,6-8,10-11,15H,3,5,9H2,1-2H3. The molecule has 0 bridgehead atoms. The lowest BCUT2D eigenvalue weighted by Gasteiger charge is -2.22. The van der Waals surface area contributed by atoms with E-state index in [9.17, 15) is 4.79 Å². The maximum absolute atomic E-state index is 13.0. The van der Waals surface area contributed by atoms with E-state index in [1.165, 1.54) is 0 Å². The summed E-state index contributed by atoms with van der Waals surface area (Å²) in [5, 5.41) is 1.01. The highest BCUT2D eigenvalue weighted by atomic mass is 16.3. The Kier molecular flexibility index (Phi) is 3.26. The van der Waals surface area contributed by atoms with Gasteiger partial charge in [-0.1, -0.05) is 12.1 Å². The number of furan rings is 2. The number of hydrogen-bond donors (Lipinski definition) is 0. The first-order valence-corrected chi connectivity index (χ1v) is 7.99. The Labute approximate surface area is 134 Å². The number of amides is 1. The first-order valence-electron chi connectivity index (χ1n) is 7.99. The van der Waals surface area contributed by atoms with Gasteiger partial charge in [0, 0.05) is 17.5 Å². The van der Waals surface area contributed by atoms with Gasteiger partial charge in [0.1, 0.15) is 11.3 Å². The van der Waals surface area contributed by atoms with E-state index in [0.29, 0.717) is 5.76 Å². The third-order valence-electron chi connectivity index (χ3n) is 4.67. The van der Waals surface area contributed by atoms with Gasteiger partial charge in [0.25, 0.3) is 5.91 Å². The summed E-state index contributed by atoms with van der Waals surface area (Å²) >= 11 is 0. The fourth-order valence-electron chi connectivity index (χ4n) is 3.45. The highest BCUT2D eigenvalue weighted by molar-refractivity contribution is 5.99.